The number of nitrogens with zero attached hydrogens (tertiary/aromatic N) is 4. The average Bonchev–Trinajstić information content (AvgIpc) is 3.77. The number of hydrogen-bond donors (Lipinski definition) is 2. The monoisotopic (exact) mass is 948 g/mol. The van der Waals surface area contributed by atoms with E-state index in [1.165, 1.54) is 18.6 Å². The van der Waals surface area contributed by atoms with Crippen molar-refractivity contribution in [1.29, 1.82) is 0 Å². The van der Waals surface area contributed by atoms with Crippen molar-refractivity contribution >= 4 is 51.9 Å². The molecule has 0 bridgehead atoms. The Morgan fingerprint density at radius 3 is 1.81 bits per heavy atom. The van der Waals surface area contributed by atoms with Gasteiger partial charge in [-0.05, 0) is 61.4 Å². The van der Waals surface area contributed by atoms with E-state index in [4.69, 9.17) is 0 Å². The molecular formula is C46H56N6O8S4. The zero-order valence-electron chi connectivity index (χ0n) is 36.1. The van der Waals surface area contributed by atoms with Crippen LogP contribution in [0.25, 0.3) is 12.2 Å². The standard InChI is InChI=1S/C23H25N3O4S2.C23H31N3O4S2/c1-18(20-10-6-3-7-11-20)25-32(29,30)15-12-22-21-17-31(27,28)14-13-23(21)26(24-22)16-19-8-4-2-5-9-19;1-18(20-10-6-3-7-11-20)25-32(29,30)15-13-23-21-17-31(27,28)14-12-22(21)24-26(23)16-19-8-4-2-5-9-19/h2-12,15,18,25H,13-14,16-17H2,1H3;2,4-5,8-9,13,15,18,20,25H,3,6-7,10-12,14,16-17H2,1H3/b15-12+;15-13+/t2*18-/m00/s1. The Kier molecular flexibility index (Phi) is 14.9. The van der Waals surface area contributed by atoms with Gasteiger partial charge in [-0.3, -0.25) is 9.36 Å². The van der Waals surface area contributed by atoms with Gasteiger partial charge < -0.3 is 0 Å². The highest BCUT2D eigenvalue weighted by molar-refractivity contribution is 7.93. The van der Waals surface area contributed by atoms with Crippen LogP contribution in [0.3, 0.4) is 0 Å². The highest BCUT2D eigenvalue weighted by Crippen LogP contribution is 2.29. The van der Waals surface area contributed by atoms with Crippen molar-refractivity contribution in [2.75, 3.05) is 11.5 Å². The lowest BCUT2D eigenvalue weighted by Gasteiger charge is -2.27. The quantitative estimate of drug-likeness (QED) is 0.127. The largest absolute Gasteiger partial charge is 0.264 e. The molecule has 0 unspecified atom stereocenters. The van der Waals surface area contributed by atoms with E-state index in [1.54, 1.807) is 16.3 Å². The molecule has 64 heavy (non-hydrogen) atoms. The maximum absolute atomic E-state index is 12.8. The molecule has 0 spiro atoms. The van der Waals surface area contributed by atoms with Crippen molar-refractivity contribution in [3.8, 4) is 0 Å². The summed E-state index contributed by atoms with van der Waals surface area (Å²) < 4.78 is 109. The van der Waals surface area contributed by atoms with Crippen LogP contribution in [0.5, 0.6) is 0 Å². The van der Waals surface area contributed by atoms with Gasteiger partial charge in [0.1, 0.15) is 0 Å². The summed E-state index contributed by atoms with van der Waals surface area (Å²) in [4.78, 5) is 0. The molecular weight excluding hydrogens is 893 g/mol. The minimum absolute atomic E-state index is 0.0675. The van der Waals surface area contributed by atoms with Gasteiger partial charge in [0.25, 0.3) is 0 Å². The molecule has 5 aromatic rings. The molecule has 14 nitrogen and oxygen atoms in total. The molecule has 1 fully saturated rings. The van der Waals surface area contributed by atoms with Crippen molar-refractivity contribution in [3.63, 3.8) is 0 Å². The third kappa shape index (κ3) is 12.8. The second-order valence-electron chi connectivity index (χ2n) is 16.8. The number of sulfonamides is 2. The second-order valence-corrected chi connectivity index (χ2v) is 24.4. The fraction of sp³-hybridized carbons (Fsp3) is 0.391. The van der Waals surface area contributed by atoms with E-state index < -0.39 is 45.8 Å². The lowest BCUT2D eigenvalue weighted by atomic mass is 9.85. The molecule has 2 aromatic heterocycles. The van der Waals surface area contributed by atoms with Crippen molar-refractivity contribution in [2.45, 2.75) is 95.5 Å². The van der Waals surface area contributed by atoms with E-state index in [1.807, 2.05) is 97.9 Å². The summed E-state index contributed by atoms with van der Waals surface area (Å²) in [5.41, 5.74) is 6.57. The van der Waals surface area contributed by atoms with Gasteiger partial charge in [0.05, 0.1) is 53.2 Å². The Morgan fingerprint density at radius 1 is 0.656 bits per heavy atom. The number of nitrogens with one attached hydrogen (secondary N) is 2. The van der Waals surface area contributed by atoms with Crippen molar-refractivity contribution in [3.05, 3.63) is 152 Å². The molecule has 0 radical (unpaired) electrons. The molecule has 0 saturated heterocycles. The van der Waals surface area contributed by atoms with Crippen molar-refractivity contribution < 1.29 is 33.7 Å². The molecule has 3 aliphatic rings. The lowest BCUT2D eigenvalue weighted by molar-refractivity contribution is 0.303. The van der Waals surface area contributed by atoms with Crippen LogP contribution < -0.4 is 9.44 Å². The van der Waals surface area contributed by atoms with E-state index in [2.05, 4.69) is 19.6 Å². The molecule has 0 amide bonds. The third-order valence-electron chi connectivity index (χ3n) is 11.9. The predicted octanol–water partition coefficient (Wildman–Crippen LogP) is 6.31. The summed E-state index contributed by atoms with van der Waals surface area (Å²) in [6.45, 7) is 4.63. The summed E-state index contributed by atoms with van der Waals surface area (Å²) in [7, 11) is -13.9. The molecule has 3 aromatic carbocycles. The van der Waals surface area contributed by atoms with Crippen LogP contribution in [0.4, 0.5) is 0 Å². The van der Waals surface area contributed by atoms with Gasteiger partial charge >= 0.3 is 0 Å². The second kappa shape index (κ2) is 20.2. The molecule has 342 valence electrons. The summed E-state index contributed by atoms with van der Waals surface area (Å²) in [5.74, 6) is 0.254. The first-order valence-electron chi connectivity index (χ1n) is 21.6. The Hall–Kier alpha value is -4.72. The number of aromatic nitrogens is 4. The van der Waals surface area contributed by atoms with E-state index in [-0.39, 0.29) is 29.1 Å². The van der Waals surface area contributed by atoms with Gasteiger partial charge in [0.15, 0.2) is 19.7 Å². The highest BCUT2D eigenvalue weighted by atomic mass is 32.2. The number of sulfone groups is 2. The van der Waals surface area contributed by atoms with Gasteiger partial charge in [0, 0.05) is 52.6 Å². The topological polar surface area (TPSA) is 196 Å². The average molecular weight is 949 g/mol. The Bertz CT molecular complexity index is 2910. The van der Waals surface area contributed by atoms with Crippen LogP contribution in [0.2, 0.25) is 0 Å². The lowest BCUT2D eigenvalue weighted by Crippen LogP contribution is -2.37. The number of hydrogen-bond acceptors (Lipinski definition) is 10. The number of aryl methyl sites for hydroxylation is 1. The van der Waals surface area contributed by atoms with Gasteiger partial charge in [-0.2, -0.15) is 10.2 Å². The third-order valence-corrected chi connectivity index (χ3v) is 17.4. The van der Waals surface area contributed by atoms with Crippen LogP contribution >= 0.6 is 0 Å². The molecule has 2 aliphatic heterocycles. The summed E-state index contributed by atoms with van der Waals surface area (Å²) in [6, 6.07) is 28.2. The van der Waals surface area contributed by atoms with Gasteiger partial charge in [-0.15, -0.1) is 0 Å². The van der Waals surface area contributed by atoms with Crippen LogP contribution in [0.15, 0.2) is 102 Å². The molecule has 2 N–H and O–H groups in total. The Morgan fingerprint density at radius 2 is 1.19 bits per heavy atom. The maximum Gasteiger partial charge on any atom is 0.234 e. The van der Waals surface area contributed by atoms with E-state index >= 15 is 0 Å². The Balaban J connectivity index is 0.000000191. The highest BCUT2D eigenvalue weighted by Gasteiger charge is 2.30. The van der Waals surface area contributed by atoms with Gasteiger partial charge in [0.2, 0.25) is 20.0 Å². The zero-order valence-corrected chi connectivity index (χ0v) is 39.3. The first-order chi connectivity index (χ1) is 30.4. The van der Waals surface area contributed by atoms with E-state index in [0.29, 0.717) is 54.4 Å². The normalized spacial score (nSPS) is 18.5. The summed E-state index contributed by atoms with van der Waals surface area (Å²) >= 11 is 0. The minimum atomic E-state index is -3.76. The first kappa shape index (κ1) is 47.2. The fourth-order valence-electron chi connectivity index (χ4n) is 8.52. The molecule has 2 atom stereocenters. The molecule has 4 heterocycles. The van der Waals surface area contributed by atoms with Crippen molar-refractivity contribution in [2.24, 2.45) is 5.92 Å². The number of rotatable bonds is 14. The SMILES string of the molecule is C[C@H](NS(=O)(=O)/C=C/c1c2c(nn1Cc1ccccc1)CCS(=O)(=O)C2)C1CCCCC1.C[C@H](NS(=O)(=O)/C=C/c1nn(Cc2ccccc2)c2c1CS(=O)(=O)CC2)c1ccccc1. The smallest absolute Gasteiger partial charge is 0.234 e. The fourth-order valence-corrected chi connectivity index (χ4v) is 13.4. The summed E-state index contributed by atoms with van der Waals surface area (Å²) in [6.07, 6.45) is 9.20. The molecule has 1 aliphatic carbocycles. The van der Waals surface area contributed by atoms with Crippen LogP contribution in [0.1, 0.15) is 103 Å². The minimum Gasteiger partial charge on any atom is -0.264 e. The molecule has 18 heteroatoms. The van der Waals surface area contributed by atoms with Crippen molar-refractivity contribution in [1.82, 2.24) is 29.0 Å². The maximum atomic E-state index is 12.8. The molecule has 1 saturated carbocycles. The van der Waals surface area contributed by atoms with Crippen LogP contribution in [-0.4, -0.2) is 70.8 Å². The van der Waals surface area contributed by atoms with Gasteiger partial charge in [-0.25, -0.2) is 43.1 Å². The van der Waals surface area contributed by atoms with Gasteiger partial charge in [-0.1, -0.05) is 110 Å². The van der Waals surface area contributed by atoms with E-state index in [0.717, 1.165) is 64.6 Å². The van der Waals surface area contributed by atoms with E-state index in [9.17, 15) is 33.7 Å². The predicted molar refractivity (Wildman–Crippen MR) is 251 cm³/mol. The van der Waals surface area contributed by atoms with Crippen LogP contribution in [-0.2, 0) is 77.2 Å². The number of benzene rings is 3. The first-order valence-corrected chi connectivity index (χ1v) is 28.3. The Labute approximate surface area is 377 Å². The zero-order chi connectivity index (χ0) is 45.5. The molecule has 8 rings (SSSR count). The van der Waals surface area contributed by atoms with Crippen LogP contribution in [0, 0.1) is 5.92 Å². The number of fused-ring (bicyclic) bond motifs is 2. The summed E-state index contributed by atoms with van der Waals surface area (Å²) in [5, 5.41) is 11.4.